The second-order valence-electron chi connectivity index (χ2n) is 4.81. The molecule has 5 nitrogen and oxygen atoms in total. The van der Waals surface area contributed by atoms with Gasteiger partial charge in [0.15, 0.2) is 0 Å². The molecule has 2 aromatic carbocycles. The van der Waals surface area contributed by atoms with Crippen LogP contribution >= 0.6 is 0 Å². The molecule has 0 spiro atoms. The molecule has 2 aromatic rings. The van der Waals surface area contributed by atoms with Crippen LogP contribution in [0.1, 0.15) is 11.1 Å². The van der Waals surface area contributed by atoms with Crippen LogP contribution in [0.5, 0.6) is 5.75 Å². The summed E-state index contributed by atoms with van der Waals surface area (Å²) in [4.78, 5) is 0.0532. The standard InChI is InChI=1S/C15H18N2O3S/c1-10-4-6-13(8-11(10)2)17-21(18,19)15-7-5-12(16)9-14(15)20-3/h4-9,17H,16H2,1-3H3. The largest absolute Gasteiger partial charge is 0.495 e. The van der Waals surface area contributed by atoms with Gasteiger partial charge in [-0.25, -0.2) is 8.42 Å². The summed E-state index contributed by atoms with van der Waals surface area (Å²) in [6, 6.07) is 9.82. The van der Waals surface area contributed by atoms with Crippen molar-refractivity contribution >= 4 is 21.4 Å². The highest BCUT2D eigenvalue weighted by molar-refractivity contribution is 7.92. The normalized spacial score (nSPS) is 11.2. The van der Waals surface area contributed by atoms with Crippen molar-refractivity contribution in [3.63, 3.8) is 0 Å². The van der Waals surface area contributed by atoms with Crippen molar-refractivity contribution in [1.29, 1.82) is 0 Å². The molecular weight excluding hydrogens is 288 g/mol. The zero-order chi connectivity index (χ0) is 15.6. The smallest absolute Gasteiger partial charge is 0.265 e. The minimum absolute atomic E-state index is 0.0532. The van der Waals surface area contributed by atoms with Crippen molar-refractivity contribution in [3.05, 3.63) is 47.5 Å². The first-order valence-corrected chi connectivity index (χ1v) is 7.85. The third kappa shape index (κ3) is 3.28. The predicted molar refractivity (Wildman–Crippen MR) is 84.1 cm³/mol. The number of ether oxygens (including phenoxy) is 1. The molecular formula is C15H18N2O3S. The van der Waals surface area contributed by atoms with Crippen LogP contribution in [-0.2, 0) is 10.0 Å². The van der Waals surface area contributed by atoms with Crippen LogP contribution in [-0.4, -0.2) is 15.5 Å². The fourth-order valence-electron chi connectivity index (χ4n) is 1.92. The zero-order valence-electron chi connectivity index (χ0n) is 12.2. The van der Waals surface area contributed by atoms with Crippen molar-refractivity contribution in [1.82, 2.24) is 0 Å². The SMILES string of the molecule is COc1cc(N)ccc1S(=O)(=O)Nc1ccc(C)c(C)c1. The minimum atomic E-state index is -3.73. The van der Waals surface area contributed by atoms with E-state index in [4.69, 9.17) is 10.5 Å². The second kappa shape index (κ2) is 5.65. The van der Waals surface area contributed by atoms with Gasteiger partial charge >= 0.3 is 0 Å². The monoisotopic (exact) mass is 306 g/mol. The van der Waals surface area contributed by atoms with Crippen LogP contribution in [0.2, 0.25) is 0 Å². The van der Waals surface area contributed by atoms with E-state index in [9.17, 15) is 8.42 Å². The number of nitrogens with two attached hydrogens (primary N) is 1. The summed E-state index contributed by atoms with van der Waals surface area (Å²) in [5, 5.41) is 0. The van der Waals surface area contributed by atoms with Gasteiger partial charge in [0.05, 0.1) is 7.11 Å². The van der Waals surface area contributed by atoms with Crippen molar-refractivity contribution in [3.8, 4) is 5.75 Å². The molecule has 0 bridgehead atoms. The number of sulfonamides is 1. The molecule has 0 unspecified atom stereocenters. The molecule has 0 aliphatic carbocycles. The maximum atomic E-state index is 12.5. The lowest BCUT2D eigenvalue weighted by Crippen LogP contribution is -2.14. The molecule has 0 fully saturated rings. The number of hydrogen-bond donors (Lipinski definition) is 2. The average molecular weight is 306 g/mol. The maximum absolute atomic E-state index is 12.5. The molecule has 0 saturated heterocycles. The Bertz CT molecular complexity index is 770. The third-order valence-corrected chi connectivity index (χ3v) is 4.66. The van der Waals surface area contributed by atoms with Crippen LogP contribution in [0.3, 0.4) is 0 Å². The van der Waals surface area contributed by atoms with E-state index in [0.717, 1.165) is 11.1 Å². The Labute approximate surface area is 124 Å². The highest BCUT2D eigenvalue weighted by Gasteiger charge is 2.19. The zero-order valence-corrected chi connectivity index (χ0v) is 13.0. The quantitative estimate of drug-likeness (QED) is 0.851. The molecule has 0 saturated carbocycles. The van der Waals surface area contributed by atoms with Gasteiger partial charge in [0.25, 0.3) is 10.0 Å². The number of nitrogen functional groups attached to an aromatic ring is 1. The van der Waals surface area contributed by atoms with Crippen LogP contribution in [0, 0.1) is 13.8 Å². The summed E-state index contributed by atoms with van der Waals surface area (Å²) >= 11 is 0. The Hall–Kier alpha value is -2.21. The summed E-state index contributed by atoms with van der Waals surface area (Å²) < 4.78 is 32.6. The van der Waals surface area contributed by atoms with E-state index in [1.165, 1.54) is 25.3 Å². The van der Waals surface area contributed by atoms with Crippen molar-refractivity contribution in [2.45, 2.75) is 18.7 Å². The Kier molecular flexibility index (Phi) is 4.09. The number of anilines is 2. The summed E-state index contributed by atoms with van der Waals surface area (Å²) in [5.74, 6) is 0.214. The van der Waals surface area contributed by atoms with Gasteiger partial charge in [0.1, 0.15) is 10.6 Å². The number of methoxy groups -OCH3 is 1. The van der Waals surface area contributed by atoms with Gasteiger partial charge in [-0.2, -0.15) is 0 Å². The lowest BCUT2D eigenvalue weighted by atomic mass is 10.1. The Balaban J connectivity index is 2.40. The van der Waals surface area contributed by atoms with Crippen LogP contribution in [0.4, 0.5) is 11.4 Å². The highest BCUT2D eigenvalue weighted by atomic mass is 32.2. The minimum Gasteiger partial charge on any atom is -0.495 e. The van der Waals surface area contributed by atoms with Gasteiger partial charge in [-0.3, -0.25) is 4.72 Å². The Morgan fingerprint density at radius 3 is 2.38 bits per heavy atom. The molecule has 0 aliphatic rings. The summed E-state index contributed by atoms with van der Waals surface area (Å²) in [7, 11) is -2.33. The average Bonchev–Trinajstić information content (AvgIpc) is 2.42. The molecule has 2 rings (SSSR count). The summed E-state index contributed by atoms with van der Waals surface area (Å²) in [6.45, 7) is 3.90. The third-order valence-electron chi connectivity index (χ3n) is 3.24. The van der Waals surface area contributed by atoms with Gasteiger partial charge in [-0.15, -0.1) is 0 Å². The summed E-state index contributed by atoms with van der Waals surface area (Å²) in [6.07, 6.45) is 0. The number of nitrogens with one attached hydrogen (secondary N) is 1. The molecule has 0 amide bonds. The molecule has 0 atom stereocenters. The van der Waals surface area contributed by atoms with Gasteiger partial charge in [0, 0.05) is 17.4 Å². The first-order valence-electron chi connectivity index (χ1n) is 6.37. The molecule has 0 heterocycles. The predicted octanol–water partition coefficient (Wildman–Crippen LogP) is 2.70. The molecule has 21 heavy (non-hydrogen) atoms. The first kappa shape index (κ1) is 15.2. The maximum Gasteiger partial charge on any atom is 0.265 e. The van der Waals surface area contributed by atoms with E-state index in [1.807, 2.05) is 19.9 Å². The number of rotatable bonds is 4. The van der Waals surface area contributed by atoms with Gasteiger partial charge in [-0.05, 0) is 49.2 Å². The van der Waals surface area contributed by atoms with Gasteiger partial charge in [-0.1, -0.05) is 6.07 Å². The molecule has 3 N–H and O–H groups in total. The summed E-state index contributed by atoms with van der Waals surface area (Å²) in [5.41, 5.74) is 8.71. The first-order chi connectivity index (χ1) is 9.83. The number of hydrogen-bond acceptors (Lipinski definition) is 4. The van der Waals surface area contributed by atoms with Gasteiger partial charge in [0.2, 0.25) is 0 Å². The number of aryl methyl sites for hydroxylation is 2. The topological polar surface area (TPSA) is 81.4 Å². The van der Waals surface area contributed by atoms with E-state index in [0.29, 0.717) is 11.4 Å². The molecule has 0 aromatic heterocycles. The fraction of sp³-hybridized carbons (Fsp3) is 0.200. The molecule has 112 valence electrons. The molecule has 6 heteroatoms. The lowest BCUT2D eigenvalue weighted by molar-refractivity contribution is 0.403. The highest BCUT2D eigenvalue weighted by Crippen LogP contribution is 2.28. The molecule has 0 radical (unpaired) electrons. The second-order valence-corrected chi connectivity index (χ2v) is 6.47. The van der Waals surface area contributed by atoms with E-state index in [1.54, 1.807) is 12.1 Å². The van der Waals surface area contributed by atoms with E-state index < -0.39 is 10.0 Å². The molecule has 0 aliphatic heterocycles. The van der Waals surface area contributed by atoms with Crippen molar-refractivity contribution in [2.24, 2.45) is 0 Å². The van der Waals surface area contributed by atoms with E-state index in [2.05, 4.69) is 4.72 Å². The van der Waals surface area contributed by atoms with Crippen LogP contribution < -0.4 is 15.2 Å². The van der Waals surface area contributed by atoms with Crippen LogP contribution in [0.15, 0.2) is 41.3 Å². The van der Waals surface area contributed by atoms with E-state index >= 15 is 0 Å². The Morgan fingerprint density at radius 2 is 1.76 bits per heavy atom. The van der Waals surface area contributed by atoms with Crippen molar-refractivity contribution in [2.75, 3.05) is 17.6 Å². The van der Waals surface area contributed by atoms with E-state index in [-0.39, 0.29) is 10.6 Å². The fourth-order valence-corrected chi connectivity index (χ4v) is 3.12. The lowest BCUT2D eigenvalue weighted by Gasteiger charge is -2.13. The number of benzene rings is 2. The van der Waals surface area contributed by atoms with Gasteiger partial charge < -0.3 is 10.5 Å². The van der Waals surface area contributed by atoms with Crippen molar-refractivity contribution < 1.29 is 13.2 Å². The Morgan fingerprint density at radius 1 is 1.05 bits per heavy atom. The van der Waals surface area contributed by atoms with Crippen LogP contribution in [0.25, 0.3) is 0 Å².